The van der Waals surface area contributed by atoms with Crippen molar-refractivity contribution in [1.82, 2.24) is 14.5 Å². The maximum Gasteiger partial charge on any atom is 0.263 e. The van der Waals surface area contributed by atoms with Gasteiger partial charge in [0.1, 0.15) is 4.83 Å². The Bertz CT molecular complexity index is 872. The van der Waals surface area contributed by atoms with Crippen LogP contribution in [0.2, 0.25) is 0 Å². The number of hydrogen-bond donors (Lipinski definition) is 0. The Morgan fingerprint density at radius 3 is 2.77 bits per heavy atom. The molecule has 1 aliphatic heterocycles. The molecule has 1 saturated heterocycles. The average Bonchev–Trinajstić information content (AvgIpc) is 2.93. The van der Waals surface area contributed by atoms with E-state index in [1.165, 1.54) is 18.2 Å². The van der Waals surface area contributed by atoms with Crippen LogP contribution in [0, 0.1) is 13.8 Å². The average molecular weight is 394 g/mol. The minimum atomic E-state index is 0.0127. The predicted octanol–water partition coefficient (Wildman–Crippen LogP) is 3.98. The molecule has 26 heavy (non-hydrogen) atoms. The van der Waals surface area contributed by atoms with Gasteiger partial charge in [-0.3, -0.25) is 14.2 Å². The molecule has 1 atom stereocenters. The number of fused-ring (bicyclic) bond motifs is 1. The highest BCUT2D eigenvalue weighted by atomic mass is 32.2. The molecule has 2 aromatic rings. The van der Waals surface area contributed by atoms with Crippen LogP contribution in [0.4, 0.5) is 0 Å². The Labute approximate surface area is 162 Å². The number of aromatic nitrogens is 2. The van der Waals surface area contributed by atoms with E-state index in [0.717, 1.165) is 46.5 Å². The number of rotatable bonds is 5. The molecular weight excluding hydrogens is 366 g/mol. The van der Waals surface area contributed by atoms with Crippen molar-refractivity contribution >= 4 is 39.2 Å². The molecule has 2 aromatic heterocycles. The van der Waals surface area contributed by atoms with Crippen LogP contribution >= 0.6 is 23.1 Å². The molecule has 0 bridgehead atoms. The molecule has 0 unspecified atom stereocenters. The highest BCUT2D eigenvalue weighted by Crippen LogP contribution is 2.29. The monoisotopic (exact) mass is 393 g/mol. The van der Waals surface area contributed by atoms with Crippen LogP contribution in [0.1, 0.15) is 50.0 Å². The van der Waals surface area contributed by atoms with E-state index in [9.17, 15) is 9.59 Å². The van der Waals surface area contributed by atoms with E-state index >= 15 is 0 Å². The summed E-state index contributed by atoms with van der Waals surface area (Å²) < 4.78 is 1.70. The Hall–Kier alpha value is -1.34. The van der Waals surface area contributed by atoms with Crippen molar-refractivity contribution in [2.24, 2.45) is 0 Å². The van der Waals surface area contributed by atoms with Crippen LogP contribution in [-0.4, -0.2) is 38.7 Å². The lowest BCUT2D eigenvalue weighted by molar-refractivity contribution is -0.132. The van der Waals surface area contributed by atoms with Crippen molar-refractivity contribution in [3.8, 4) is 0 Å². The third kappa shape index (κ3) is 3.56. The lowest BCUT2D eigenvalue weighted by Crippen LogP contribution is -2.44. The summed E-state index contributed by atoms with van der Waals surface area (Å²) in [6.07, 6.45) is 4.41. The first kappa shape index (κ1) is 19.4. The van der Waals surface area contributed by atoms with Crippen LogP contribution in [-0.2, 0) is 11.3 Å². The highest BCUT2D eigenvalue weighted by molar-refractivity contribution is 7.99. The van der Waals surface area contributed by atoms with Gasteiger partial charge in [0, 0.05) is 24.0 Å². The number of hydrogen-bond acceptors (Lipinski definition) is 5. The minimum Gasteiger partial charge on any atom is -0.339 e. The number of nitrogens with zero attached hydrogens (tertiary/aromatic N) is 3. The van der Waals surface area contributed by atoms with Crippen molar-refractivity contribution in [3.05, 3.63) is 20.8 Å². The largest absolute Gasteiger partial charge is 0.339 e. The van der Waals surface area contributed by atoms with Gasteiger partial charge in [-0.05, 0) is 52.0 Å². The Morgan fingerprint density at radius 2 is 2.08 bits per heavy atom. The summed E-state index contributed by atoms with van der Waals surface area (Å²) in [5.74, 6) is 0.509. The summed E-state index contributed by atoms with van der Waals surface area (Å²) in [6.45, 7) is 9.52. The van der Waals surface area contributed by atoms with Crippen molar-refractivity contribution in [2.45, 2.75) is 71.1 Å². The summed E-state index contributed by atoms with van der Waals surface area (Å²) >= 11 is 2.96. The zero-order chi connectivity index (χ0) is 18.8. The second-order valence-electron chi connectivity index (χ2n) is 6.84. The first-order chi connectivity index (χ1) is 12.5. The number of thiophene rings is 1. The normalized spacial score (nSPS) is 17.8. The molecule has 1 fully saturated rings. The number of thioether (sulfide) groups is 1. The van der Waals surface area contributed by atoms with Gasteiger partial charge in [-0.1, -0.05) is 18.7 Å². The van der Waals surface area contributed by atoms with Gasteiger partial charge in [0.05, 0.1) is 11.1 Å². The van der Waals surface area contributed by atoms with E-state index in [-0.39, 0.29) is 11.5 Å². The molecule has 0 aliphatic carbocycles. The van der Waals surface area contributed by atoms with Crippen LogP contribution in [0.3, 0.4) is 0 Å². The van der Waals surface area contributed by atoms with Crippen LogP contribution in [0.15, 0.2) is 9.95 Å². The summed E-state index contributed by atoms with van der Waals surface area (Å²) in [5.41, 5.74) is 1.04. The fourth-order valence-corrected chi connectivity index (χ4v) is 5.68. The van der Waals surface area contributed by atoms with E-state index in [1.807, 2.05) is 25.7 Å². The van der Waals surface area contributed by atoms with Crippen molar-refractivity contribution in [2.75, 3.05) is 12.3 Å². The van der Waals surface area contributed by atoms with Crippen LogP contribution in [0.25, 0.3) is 10.2 Å². The topological polar surface area (TPSA) is 55.2 Å². The van der Waals surface area contributed by atoms with Gasteiger partial charge in [-0.2, -0.15) is 0 Å². The number of aryl methyl sites for hydroxylation is 2. The van der Waals surface area contributed by atoms with Gasteiger partial charge in [0.15, 0.2) is 5.16 Å². The quantitative estimate of drug-likeness (QED) is 0.570. The first-order valence-electron chi connectivity index (χ1n) is 9.40. The number of amides is 1. The van der Waals surface area contributed by atoms with E-state index in [0.29, 0.717) is 23.5 Å². The third-order valence-electron chi connectivity index (χ3n) is 5.31. The summed E-state index contributed by atoms with van der Waals surface area (Å²) in [7, 11) is 0. The van der Waals surface area contributed by atoms with Gasteiger partial charge in [0.25, 0.3) is 5.56 Å². The van der Waals surface area contributed by atoms with Crippen LogP contribution in [0.5, 0.6) is 0 Å². The van der Waals surface area contributed by atoms with Gasteiger partial charge in [-0.15, -0.1) is 11.3 Å². The zero-order valence-corrected chi connectivity index (χ0v) is 17.6. The lowest BCUT2D eigenvalue weighted by Gasteiger charge is -2.35. The fourth-order valence-electron chi connectivity index (χ4n) is 3.66. The number of carbonyl (C=O) groups excluding carboxylic acids is 1. The molecule has 0 N–H and O–H groups in total. The molecular formula is C19H27N3O2S2. The maximum absolute atomic E-state index is 12.9. The molecule has 7 heteroatoms. The summed E-state index contributed by atoms with van der Waals surface area (Å²) in [5, 5.41) is 1.39. The molecule has 0 saturated carbocycles. The Kier molecular flexibility index (Phi) is 6.07. The standard InChI is InChI=1S/C19H27N3O2S2/c1-5-14-9-7-8-10-22(14)15(23)11-25-19-20-17-16(12(3)13(4)26-17)18(24)21(19)6-2/h14H,5-11H2,1-4H3/t14-/m0/s1. The fraction of sp³-hybridized carbons (Fsp3) is 0.632. The second-order valence-corrected chi connectivity index (χ2v) is 8.99. The Balaban J connectivity index is 1.84. The molecule has 1 aliphatic rings. The van der Waals surface area contributed by atoms with Crippen molar-refractivity contribution < 1.29 is 4.79 Å². The molecule has 0 radical (unpaired) electrons. The Morgan fingerprint density at radius 1 is 1.31 bits per heavy atom. The van der Waals surface area contributed by atoms with Gasteiger partial charge >= 0.3 is 0 Å². The SMILES string of the molecule is CC[C@H]1CCCCN1C(=O)CSc1nc2sc(C)c(C)c2c(=O)n1CC. The van der Waals surface area contributed by atoms with Crippen molar-refractivity contribution in [3.63, 3.8) is 0 Å². The minimum absolute atomic E-state index is 0.0127. The van der Waals surface area contributed by atoms with Gasteiger partial charge < -0.3 is 4.90 Å². The number of piperidine rings is 1. The molecule has 3 rings (SSSR count). The van der Waals surface area contributed by atoms with Gasteiger partial charge in [0.2, 0.25) is 5.91 Å². The van der Waals surface area contributed by atoms with E-state index in [2.05, 4.69) is 6.92 Å². The molecule has 5 nitrogen and oxygen atoms in total. The third-order valence-corrected chi connectivity index (χ3v) is 7.38. The first-order valence-corrected chi connectivity index (χ1v) is 11.2. The van der Waals surface area contributed by atoms with Crippen LogP contribution < -0.4 is 5.56 Å². The lowest BCUT2D eigenvalue weighted by atomic mass is 10.0. The second kappa shape index (κ2) is 8.13. The maximum atomic E-state index is 12.9. The summed E-state index contributed by atoms with van der Waals surface area (Å²) in [4.78, 5) is 34.3. The van der Waals surface area contributed by atoms with E-state index in [1.54, 1.807) is 15.9 Å². The molecule has 1 amide bonds. The molecule has 0 spiro atoms. The highest BCUT2D eigenvalue weighted by Gasteiger charge is 2.25. The molecule has 3 heterocycles. The zero-order valence-electron chi connectivity index (χ0n) is 16.0. The smallest absolute Gasteiger partial charge is 0.263 e. The molecule has 142 valence electrons. The number of carbonyl (C=O) groups is 1. The van der Waals surface area contributed by atoms with Gasteiger partial charge in [-0.25, -0.2) is 4.98 Å². The van der Waals surface area contributed by atoms with E-state index < -0.39 is 0 Å². The van der Waals surface area contributed by atoms with E-state index in [4.69, 9.17) is 4.98 Å². The van der Waals surface area contributed by atoms with Crippen molar-refractivity contribution in [1.29, 1.82) is 0 Å². The number of likely N-dealkylation sites (tertiary alicyclic amines) is 1. The molecule has 0 aromatic carbocycles. The predicted molar refractivity (Wildman–Crippen MR) is 109 cm³/mol. The summed E-state index contributed by atoms with van der Waals surface area (Å²) in [6, 6.07) is 0.364.